The molecule has 4 rings (SSSR count). The Labute approximate surface area is 140 Å². The van der Waals surface area contributed by atoms with Crippen LogP contribution in [0, 0.1) is 10.1 Å². The zero-order valence-corrected chi connectivity index (χ0v) is 12.7. The maximum absolute atomic E-state index is 12.2. The highest BCUT2D eigenvalue weighted by molar-refractivity contribution is 5.92. The molecule has 0 unspecified atom stereocenters. The van der Waals surface area contributed by atoms with Crippen LogP contribution in [0.2, 0.25) is 0 Å². The van der Waals surface area contributed by atoms with Crippen LogP contribution in [-0.4, -0.2) is 43.9 Å². The van der Waals surface area contributed by atoms with Crippen molar-refractivity contribution in [1.82, 2.24) is 20.0 Å². The zero-order valence-electron chi connectivity index (χ0n) is 12.7. The van der Waals surface area contributed by atoms with E-state index in [9.17, 15) is 14.9 Å². The molecule has 0 aromatic carbocycles. The molecule has 10 nitrogen and oxygen atoms in total. The summed E-state index contributed by atoms with van der Waals surface area (Å²) in [7, 11) is 0. The van der Waals surface area contributed by atoms with Crippen molar-refractivity contribution in [3.05, 3.63) is 58.4 Å². The van der Waals surface area contributed by atoms with E-state index in [-0.39, 0.29) is 11.7 Å². The maximum atomic E-state index is 12.2. The minimum absolute atomic E-state index is 0.0632. The first-order chi connectivity index (χ1) is 12.1. The smallest absolute Gasteiger partial charge is 0.395 e. The van der Waals surface area contributed by atoms with Gasteiger partial charge in [0.2, 0.25) is 11.7 Å². The van der Waals surface area contributed by atoms with Gasteiger partial charge < -0.3 is 13.8 Å². The van der Waals surface area contributed by atoms with Gasteiger partial charge >= 0.3 is 5.88 Å². The van der Waals surface area contributed by atoms with Gasteiger partial charge in [0.15, 0.2) is 5.76 Å². The number of nitro groups is 1. The van der Waals surface area contributed by atoms with Crippen LogP contribution in [0.25, 0.3) is 11.4 Å². The topological polar surface area (TPSA) is 128 Å². The van der Waals surface area contributed by atoms with Crippen molar-refractivity contribution in [2.75, 3.05) is 13.1 Å². The van der Waals surface area contributed by atoms with Gasteiger partial charge in [0.1, 0.15) is 4.92 Å². The summed E-state index contributed by atoms with van der Waals surface area (Å²) in [5.41, 5.74) is 0.743. The van der Waals surface area contributed by atoms with Crippen LogP contribution in [0.1, 0.15) is 22.4 Å². The lowest BCUT2D eigenvalue weighted by molar-refractivity contribution is -0.402. The minimum atomic E-state index is -0.686. The number of nitrogens with zero attached hydrogens (tertiary/aromatic N) is 5. The number of aromatic nitrogens is 3. The number of furan rings is 1. The first-order valence-electron chi connectivity index (χ1n) is 7.39. The van der Waals surface area contributed by atoms with Crippen LogP contribution in [0.3, 0.4) is 0 Å². The van der Waals surface area contributed by atoms with Crippen molar-refractivity contribution in [3.8, 4) is 11.4 Å². The summed E-state index contributed by atoms with van der Waals surface area (Å²) in [5.74, 6) is -0.129. The molecule has 0 bridgehead atoms. The fourth-order valence-electron chi connectivity index (χ4n) is 2.51. The summed E-state index contributed by atoms with van der Waals surface area (Å²) in [5, 5.41) is 14.5. The van der Waals surface area contributed by atoms with E-state index >= 15 is 0 Å². The quantitative estimate of drug-likeness (QED) is 0.519. The standard InChI is InChI=1S/C15H11N5O5/c21-15(11-3-4-12(24-11)20(22)23)19-7-10(8-19)14-17-13(18-25-14)9-2-1-5-16-6-9/h1-6,10H,7-8H2. The van der Waals surface area contributed by atoms with Gasteiger partial charge in [-0.1, -0.05) is 5.16 Å². The Balaban J connectivity index is 1.41. The molecule has 0 radical (unpaired) electrons. The third-order valence-electron chi connectivity index (χ3n) is 3.86. The molecule has 0 N–H and O–H groups in total. The highest BCUT2D eigenvalue weighted by Crippen LogP contribution is 2.29. The van der Waals surface area contributed by atoms with Crippen molar-refractivity contribution in [1.29, 1.82) is 0 Å². The molecule has 126 valence electrons. The number of likely N-dealkylation sites (tertiary alicyclic amines) is 1. The van der Waals surface area contributed by atoms with E-state index in [1.54, 1.807) is 18.5 Å². The van der Waals surface area contributed by atoms with Gasteiger partial charge in [-0.25, -0.2) is 0 Å². The van der Waals surface area contributed by atoms with Crippen LogP contribution in [0.5, 0.6) is 0 Å². The minimum Gasteiger partial charge on any atom is -0.395 e. The molecule has 25 heavy (non-hydrogen) atoms. The highest BCUT2D eigenvalue weighted by Gasteiger charge is 2.37. The Bertz CT molecular complexity index is 929. The van der Waals surface area contributed by atoms with E-state index < -0.39 is 16.7 Å². The van der Waals surface area contributed by atoms with Crippen LogP contribution in [0.4, 0.5) is 5.88 Å². The number of carbonyl (C=O) groups excluding carboxylic acids is 1. The third kappa shape index (κ3) is 2.73. The summed E-state index contributed by atoms with van der Waals surface area (Å²) in [4.78, 5) is 31.9. The van der Waals surface area contributed by atoms with Gasteiger partial charge in [0, 0.05) is 31.0 Å². The Morgan fingerprint density at radius 2 is 2.16 bits per heavy atom. The fraction of sp³-hybridized carbons (Fsp3) is 0.200. The van der Waals surface area contributed by atoms with E-state index in [0.717, 1.165) is 11.6 Å². The Kier molecular flexibility index (Phi) is 3.49. The molecule has 0 saturated carbocycles. The Morgan fingerprint density at radius 1 is 1.32 bits per heavy atom. The van der Waals surface area contributed by atoms with Crippen molar-refractivity contribution in [3.63, 3.8) is 0 Å². The van der Waals surface area contributed by atoms with Crippen LogP contribution in [0.15, 0.2) is 45.6 Å². The molecule has 3 aromatic rings. The molecule has 4 heterocycles. The van der Waals surface area contributed by atoms with Crippen molar-refractivity contribution in [2.24, 2.45) is 0 Å². The maximum Gasteiger partial charge on any atom is 0.433 e. The number of amides is 1. The van der Waals surface area contributed by atoms with Crippen LogP contribution >= 0.6 is 0 Å². The summed E-state index contributed by atoms with van der Waals surface area (Å²) < 4.78 is 10.2. The molecule has 1 fully saturated rings. The number of carbonyl (C=O) groups is 1. The van der Waals surface area contributed by atoms with Crippen LogP contribution in [-0.2, 0) is 0 Å². The van der Waals surface area contributed by atoms with Crippen LogP contribution < -0.4 is 0 Å². The molecule has 1 aliphatic heterocycles. The summed E-state index contributed by atoms with van der Waals surface area (Å²) in [6, 6.07) is 6.05. The Morgan fingerprint density at radius 3 is 2.84 bits per heavy atom. The third-order valence-corrected chi connectivity index (χ3v) is 3.86. The first-order valence-corrected chi connectivity index (χ1v) is 7.39. The average Bonchev–Trinajstić information content (AvgIpc) is 3.24. The molecule has 1 saturated heterocycles. The second kappa shape index (κ2) is 5.82. The van der Waals surface area contributed by atoms with Gasteiger partial charge in [-0.2, -0.15) is 4.98 Å². The van der Waals surface area contributed by atoms with Gasteiger partial charge in [-0.15, -0.1) is 0 Å². The van der Waals surface area contributed by atoms with Gasteiger partial charge in [-0.05, 0) is 18.2 Å². The second-order valence-corrected chi connectivity index (χ2v) is 5.50. The SMILES string of the molecule is O=C(c1ccc([N+](=O)[O-])o1)N1CC(c2nc(-c3cccnc3)no2)C1. The number of rotatable bonds is 4. The van der Waals surface area contributed by atoms with E-state index in [1.807, 2.05) is 6.07 Å². The van der Waals surface area contributed by atoms with E-state index in [0.29, 0.717) is 24.8 Å². The second-order valence-electron chi connectivity index (χ2n) is 5.50. The monoisotopic (exact) mass is 341 g/mol. The van der Waals surface area contributed by atoms with Crippen molar-refractivity contribution < 1.29 is 18.7 Å². The summed E-state index contributed by atoms with van der Waals surface area (Å²) in [6.07, 6.45) is 3.29. The molecule has 1 amide bonds. The zero-order chi connectivity index (χ0) is 17.4. The number of hydrogen-bond donors (Lipinski definition) is 0. The van der Waals surface area contributed by atoms with E-state index in [4.69, 9.17) is 8.94 Å². The van der Waals surface area contributed by atoms with Gasteiger partial charge in [0.25, 0.3) is 5.91 Å². The fourth-order valence-corrected chi connectivity index (χ4v) is 2.51. The molecule has 10 heteroatoms. The van der Waals surface area contributed by atoms with E-state index in [2.05, 4.69) is 15.1 Å². The largest absolute Gasteiger partial charge is 0.433 e. The molecular formula is C15H11N5O5. The first kappa shape index (κ1) is 15.0. The number of pyridine rings is 1. The predicted molar refractivity (Wildman–Crippen MR) is 81.5 cm³/mol. The molecule has 0 aliphatic carbocycles. The van der Waals surface area contributed by atoms with Gasteiger partial charge in [0.05, 0.1) is 12.0 Å². The summed E-state index contributed by atoms with van der Waals surface area (Å²) >= 11 is 0. The molecule has 1 aliphatic rings. The highest BCUT2D eigenvalue weighted by atomic mass is 16.6. The lowest BCUT2D eigenvalue weighted by atomic mass is 10.00. The average molecular weight is 341 g/mol. The summed E-state index contributed by atoms with van der Waals surface area (Å²) in [6.45, 7) is 0.754. The molecular weight excluding hydrogens is 330 g/mol. The number of hydrogen-bond acceptors (Lipinski definition) is 8. The lowest BCUT2D eigenvalue weighted by Gasteiger charge is -2.36. The normalized spacial score (nSPS) is 14.3. The van der Waals surface area contributed by atoms with Crippen molar-refractivity contribution >= 4 is 11.8 Å². The predicted octanol–water partition coefficient (Wildman–Crippen LogP) is 1.87. The molecule has 0 spiro atoms. The van der Waals surface area contributed by atoms with E-state index in [1.165, 1.54) is 11.0 Å². The Hall–Kier alpha value is -3.56. The van der Waals surface area contributed by atoms with Gasteiger partial charge in [-0.3, -0.25) is 19.9 Å². The molecule has 3 aromatic heterocycles. The van der Waals surface area contributed by atoms with Crippen molar-refractivity contribution in [2.45, 2.75) is 5.92 Å². The molecule has 0 atom stereocenters. The lowest BCUT2D eigenvalue weighted by Crippen LogP contribution is -2.48.